The third-order valence-corrected chi connectivity index (χ3v) is 8.92. The Bertz CT molecular complexity index is 1430. The lowest BCUT2D eigenvalue weighted by Gasteiger charge is -2.37. The summed E-state index contributed by atoms with van der Waals surface area (Å²) < 4.78 is 40.8. The van der Waals surface area contributed by atoms with Crippen molar-refractivity contribution in [3.05, 3.63) is 89.5 Å². The Labute approximate surface area is 232 Å². The predicted molar refractivity (Wildman–Crippen MR) is 152 cm³/mol. The summed E-state index contributed by atoms with van der Waals surface area (Å²) in [5.41, 5.74) is 2.55. The molecule has 0 aliphatic carbocycles. The smallest absolute Gasteiger partial charge is 0.247 e. The quantitative estimate of drug-likeness (QED) is 0.450. The zero-order valence-electron chi connectivity index (χ0n) is 22.9. The molecule has 0 radical (unpaired) electrons. The largest absolute Gasteiger partial charge is 0.495 e. The molecule has 4 rings (SSSR count). The summed E-state index contributed by atoms with van der Waals surface area (Å²) in [5.74, 6) is 7.04. The Kier molecular flexibility index (Phi) is 9.31. The van der Waals surface area contributed by atoms with Crippen molar-refractivity contribution >= 4 is 10.0 Å². The molecule has 1 heterocycles. The molecule has 0 saturated heterocycles. The summed E-state index contributed by atoms with van der Waals surface area (Å²) in [6, 6.07) is 22.0. The van der Waals surface area contributed by atoms with E-state index in [9.17, 15) is 13.5 Å². The van der Waals surface area contributed by atoms with Crippen LogP contribution in [0.1, 0.15) is 30.5 Å². The van der Waals surface area contributed by atoms with Crippen molar-refractivity contribution < 1.29 is 23.0 Å². The van der Waals surface area contributed by atoms with E-state index in [1.54, 1.807) is 32.2 Å². The van der Waals surface area contributed by atoms with Gasteiger partial charge in [-0.1, -0.05) is 61.2 Å². The Morgan fingerprint density at radius 3 is 2.54 bits per heavy atom. The minimum Gasteiger partial charge on any atom is -0.495 e. The number of hydrogen-bond acceptors (Lipinski definition) is 6. The average molecular weight is 549 g/mol. The van der Waals surface area contributed by atoms with E-state index in [1.807, 2.05) is 56.4 Å². The Hall–Kier alpha value is -3.35. The zero-order valence-corrected chi connectivity index (χ0v) is 23.7. The molecule has 1 N–H and O–H groups in total. The van der Waals surface area contributed by atoms with Crippen molar-refractivity contribution in [1.29, 1.82) is 0 Å². The highest BCUT2D eigenvalue weighted by molar-refractivity contribution is 7.89. The maximum atomic E-state index is 13.7. The van der Waals surface area contributed by atoms with Crippen molar-refractivity contribution in [2.24, 2.45) is 5.92 Å². The summed E-state index contributed by atoms with van der Waals surface area (Å²) in [4.78, 5) is 2.26. The van der Waals surface area contributed by atoms with E-state index in [-0.39, 0.29) is 35.8 Å². The fourth-order valence-corrected chi connectivity index (χ4v) is 6.50. The van der Waals surface area contributed by atoms with E-state index in [4.69, 9.17) is 9.47 Å². The molecule has 7 nitrogen and oxygen atoms in total. The van der Waals surface area contributed by atoms with Crippen LogP contribution in [-0.4, -0.2) is 68.7 Å². The highest BCUT2D eigenvalue weighted by atomic mass is 32.2. The van der Waals surface area contributed by atoms with Crippen LogP contribution in [0.2, 0.25) is 0 Å². The second-order valence-electron chi connectivity index (χ2n) is 10.0. The van der Waals surface area contributed by atoms with Crippen LogP contribution in [0.25, 0.3) is 0 Å². The SMILES string of the molecule is COc1ccccc1C#Cc1ccc2c(c1)O[C@@H](CN(C)Cc1ccccc1)[C@@H](C)CN([C@@H](C)CO)S2(=O)=O. The van der Waals surface area contributed by atoms with Crippen LogP contribution < -0.4 is 9.47 Å². The number of methoxy groups -OCH3 is 1. The first-order chi connectivity index (χ1) is 18.7. The van der Waals surface area contributed by atoms with E-state index in [1.165, 1.54) is 9.87 Å². The normalized spacial score (nSPS) is 19.5. The molecule has 0 bridgehead atoms. The van der Waals surface area contributed by atoms with E-state index in [0.29, 0.717) is 17.9 Å². The number of para-hydroxylation sites is 1. The van der Waals surface area contributed by atoms with Gasteiger partial charge in [-0.2, -0.15) is 4.31 Å². The van der Waals surface area contributed by atoms with Gasteiger partial charge in [0, 0.05) is 37.2 Å². The zero-order chi connectivity index (χ0) is 28.0. The van der Waals surface area contributed by atoms with E-state index in [2.05, 4.69) is 28.9 Å². The summed E-state index contributed by atoms with van der Waals surface area (Å²) in [6.45, 7) is 5.00. The van der Waals surface area contributed by atoms with Crippen molar-refractivity contribution in [3.8, 4) is 23.3 Å². The van der Waals surface area contributed by atoms with Gasteiger partial charge in [0.15, 0.2) is 0 Å². The van der Waals surface area contributed by atoms with Crippen molar-refractivity contribution in [2.75, 3.05) is 33.9 Å². The number of ether oxygens (including phenoxy) is 2. The lowest BCUT2D eigenvalue weighted by atomic mass is 10.0. The molecule has 3 atom stereocenters. The number of sulfonamides is 1. The molecule has 39 heavy (non-hydrogen) atoms. The molecule has 0 amide bonds. The van der Waals surface area contributed by atoms with Crippen LogP contribution in [0.4, 0.5) is 0 Å². The molecule has 0 aromatic heterocycles. The van der Waals surface area contributed by atoms with Gasteiger partial charge in [-0.3, -0.25) is 4.90 Å². The summed E-state index contributed by atoms with van der Waals surface area (Å²) in [5, 5.41) is 9.88. The summed E-state index contributed by atoms with van der Waals surface area (Å²) in [7, 11) is -0.288. The van der Waals surface area contributed by atoms with E-state index in [0.717, 1.165) is 12.1 Å². The molecule has 3 aromatic carbocycles. The number of fused-ring (bicyclic) bond motifs is 1. The van der Waals surface area contributed by atoms with E-state index >= 15 is 0 Å². The van der Waals surface area contributed by atoms with Gasteiger partial charge < -0.3 is 14.6 Å². The molecule has 1 aliphatic rings. The van der Waals surface area contributed by atoms with Gasteiger partial charge in [0.25, 0.3) is 0 Å². The Morgan fingerprint density at radius 1 is 1.10 bits per heavy atom. The standard InChI is InChI=1S/C31H36N2O5S/c1-23-19-33(24(2)22-34)39(35,36)31-17-15-25(14-16-27-12-8-9-13-28(27)37-4)18-29(31)38-30(23)21-32(3)20-26-10-6-5-7-11-26/h5-13,15,17-18,23-24,30,34H,19-22H2,1-4H3/t23-,24-,30-/m0/s1. The molecule has 3 aromatic rings. The van der Waals surface area contributed by atoms with Crippen molar-refractivity contribution in [1.82, 2.24) is 9.21 Å². The van der Waals surface area contributed by atoms with Crippen LogP contribution in [0.3, 0.4) is 0 Å². The number of hydrogen-bond donors (Lipinski definition) is 1. The fraction of sp³-hybridized carbons (Fsp3) is 0.355. The molecule has 0 spiro atoms. The maximum absolute atomic E-state index is 13.7. The first-order valence-electron chi connectivity index (χ1n) is 13.0. The number of benzene rings is 3. The second-order valence-corrected chi connectivity index (χ2v) is 11.9. The van der Waals surface area contributed by atoms with Gasteiger partial charge in [0.2, 0.25) is 10.0 Å². The number of nitrogens with zero attached hydrogens (tertiary/aromatic N) is 2. The minimum absolute atomic E-state index is 0.0771. The fourth-order valence-electron chi connectivity index (χ4n) is 4.68. The number of aliphatic hydroxyl groups is 1. The molecular formula is C31H36N2O5S. The maximum Gasteiger partial charge on any atom is 0.247 e. The van der Waals surface area contributed by atoms with Crippen LogP contribution in [0, 0.1) is 17.8 Å². The molecule has 206 valence electrons. The third kappa shape index (κ3) is 6.81. The van der Waals surface area contributed by atoms with Crippen molar-refractivity contribution in [3.63, 3.8) is 0 Å². The third-order valence-electron chi connectivity index (χ3n) is 6.90. The minimum atomic E-state index is -3.92. The molecule has 8 heteroatoms. The van der Waals surface area contributed by atoms with Crippen LogP contribution in [-0.2, 0) is 16.6 Å². The van der Waals surface area contributed by atoms with Gasteiger partial charge in [0.1, 0.15) is 22.5 Å². The van der Waals surface area contributed by atoms with Gasteiger partial charge in [0.05, 0.1) is 19.3 Å². The number of rotatable bonds is 7. The summed E-state index contributed by atoms with van der Waals surface area (Å²) >= 11 is 0. The first kappa shape index (κ1) is 28.7. The van der Waals surface area contributed by atoms with Crippen LogP contribution in [0.15, 0.2) is 77.7 Å². The van der Waals surface area contributed by atoms with Gasteiger partial charge in [-0.05, 0) is 49.9 Å². The Balaban J connectivity index is 1.71. The second kappa shape index (κ2) is 12.7. The highest BCUT2D eigenvalue weighted by Crippen LogP contribution is 2.34. The van der Waals surface area contributed by atoms with Gasteiger partial charge >= 0.3 is 0 Å². The molecule has 0 saturated carbocycles. The number of aliphatic hydroxyl groups excluding tert-OH is 1. The first-order valence-corrected chi connectivity index (χ1v) is 14.5. The van der Waals surface area contributed by atoms with Gasteiger partial charge in [-0.15, -0.1) is 0 Å². The molecule has 0 fully saturated rings. The van der Waals surface area contributed by atoms with E-state index < -0.39 is 16.1 Å². The average Bonchev–Trinajstić information content (AvgIpc) is 2.94. The Morgan fingerprint density at radius 2 is 1.82 bits per heavy atom. The number of likely N-dealkylation sites (N-methyl/N-ethyl adjacent to an activating group) is 1. The van der Waals surface area contributed by atoms with Crippen LogP contribution >= 0.6 is 0 Å². The van der Waals surface area contributed by atoms with Crippen molar-refractivity contribution in [2.45, 2.75) is 37.4 Å². The summed E-state index contributed by atoms with van der Waals surface area (Å²) in [6.07, 6.45) is -0.293. The highest BCUT2D eigenvalue weighted by Gasteiger charge is 2.38. The van der Waals surface area contributed by atoms with Crippen LogP contribution in [0.5, 0.6) is 11.5 Å². The lowest BCUT2D eigenvalue weighted by Crippen LogP contribution is -2.49. The molecule has 1 aliphatic heterocycles. The van der Waals surface area contributed by atoms with Gasteiger partial charge in [-0.25, -0.2) is 8.42 Å². The topological polar surface area (TPSA) is 79.3 Å². The monoisotopic (exact) mass is 548 g/mol. The molecule has 0 unspecified atom stereocenters. The molecular weight excluding hydrogens is 512 g/mol. The lowest BCUT2D eigenvalue weighted by molar-refractivity contribution is 0.0733. The predicted octanol–water partition coefficient (Wildman–Crippen LogP) is 4.00.